The smallest absolute Gasteiger partial charge is 0.279 e. The van der Waals surface area contributed by atoms with Crippen LogP contribution in [0.2, 0.25) is 0 Å². The molecule has 1 N–H and O–H groups in total. The lowest BCUT2D eigenvalue weighted by Gasteiger charge is -2.28. The monoisotopic (exact) mass is 287 g/mol. The molecule has 2 atom stereocenters. The van der Waals surface area contributed by atoms with Crippen LogP contribution in [0.4, 0.5) is 0 Å². The van der Waals surface area contributed by atoms with E-state index in [2.05, 4.69) is 16.5 Å². The van der Waals surface area contributed by atoms with Crippen LogP contribution in [-0.2, 0) is 10.2 Å². The second-order valence-corrected chi connectivity index (χ2v) is 8.05. The van der Waals surface area contributed by atoms with E-state index < -0.39 is 10.2 Å². The Balaban J connectivity index is 1.60. The Morgan fingerprint density at radius 2 is 1.74 bits per heavy atom. The third-order valence-corrected chi connectivity index (χ3v) is 6.30. The lowest BCUT2D eigenvalue weighted by Crippen LogP contribution is -2.49. The molecule has 19 heavy (non-hydrogen) atoms. The molecule has 1 saturated carbocycles. The zero-order valence-corrected chi connectivity index (χ0v) is 12.5. The molecule has 0 aromatic heterocycles. The van der Waals surface area contributed by atoms with E-state index in [1.165, 1.54) is 12.8 Å². The highest BCUT2D eigenvalue weighted by Gasteiger charge is 2.40. The molecular weight excluding hydrogens is 262 g/mol. The lowest BCUT2D eigenvalue weighted by molar-refractivity contribution is 0.313. The zero-order valence-electron chi connectivity index (χ0n) is 11.7. The van der Waals surface area contributed by atoms with Gasteiger partial charge in [-0.2, -0.15) is 17.4 Å². The van der Waals surface area contributed by atoms with Gasteiger partial charge in [-0.05, 0) is 31.6 Å². The standard InChI is InChI=1S/C13H25N3O2S/c1-11-9-15(12-5-6-12)10-13(11)14-19(17,18)16-7-3-2-4-8-16/h11-14H,2-10H2,1H3. The minimum absolute atomic E-state index is 0.0903. The highest BCUT2D eigenvalue weighted by Crippen LogP contribution is 2.32. The summed E-state index contributed by atoms with van der Waals surface area (Å²) < 4.78 is 29.3. The van der Waals surface area contributed by atoms with Gasteiger partial charge in [-0.3, -0.25) is 4.90 Å². The molecule has 3 rings (SSSR count). The van der Waals surface area contributed by atoms with Gasteiger partial charge in [-0.15, -0.1) is 0 Å². The molecule has 110 valence electrons. The fourth-order valence-corrected chi connectivity index (χ4v) is 4.84. The summed E-state index contributed by atoms with van der Waals surface area (Å²) in [7, 11) is -3.27. The first-order valence-electron chi connectivity index (χ1n) is 7.58. The normalized spacial score (nSPS) is 34.8. The first kappa shape index (κ1) is 13.8. The predicted molar refractivity (Wildman–Crippen MR) is 75.0 cm³/mol. The summed E-state index contributed by atoms with van der Waals surface area (Å²) in [6.07, 6.45) is 5.72. The molecule has 0 radical (unpaired) electrons. The number of likely N-dealkylation sites (tertiary alicyclic amines) is 1. The van der Waals surface area contributed by atoms with E-state index in [4.69, 9.17) is 0 Å². The summed E-state index contributed by atoms with van der Waals surface area (Å²) in [6.45, 7) is 5.45. The summed E-state index contributed by atoms with van der Waals surface area (Å²) in [4.78, 5) is 2.45. The van der Waals surface area contributed by atoms with Crippen LogP contribution in [0.1, 0.15) is 39.0 Å². The van der Waals surface area contributed by atoms with Crippen LogP contribution >= 0.6 is 0 Å². The summed E-state index contributed by atoms with van der Waals surface area (Å²) in [5.41, 5.74) is 0. The van der Waals surface area contributed by atoms with Crippen molar-refractivity contribution in [1.82, 2.24) is 13.9 Å². The molecule has 2 aliphatic heterocycles. The van der Waals surface area contributed by atoms with Gasteiger partial charge in [0.05, 0.1) is 0 Å². The lowest BCUT2D eigenvalue weighted by atomic mass is 10.1. The van der Waals surface area contributed by atoms with Gasteiger partial charge in [-0.1, -0.05) is 13.3 Å². The van der Waals surface area contributed by atoms with E-state index in [-0.39, 0.29) is 6.04 Å². The molecule has 0 aromatic rings. The number of rotatable bonds is 4. The topological polar surface area (TPSA) is 52.7 Å². The van der Waals surface area contributed by atoms with Crippen molar-refractivity contribution in [3.63, 3.8) is 0 Å². The first-order chi connectivity index (χ1) is 9.06. The van der Waals surface area contributed by atoms with Crippen LogP contribution in [0.5, 0.6) is 0 Å². The van der Waals surface area contributed by atoms with Gasteiger partial charge in [0.2, 0.25) is 0 Å². The molecule has 0 spiro atoms. The predicted octanol–water partition coefficient (Wildman–Crippen LogP) is 0.789. The van der Waals surface area contributed by atoms with Gasteiger partial charge in [0, 0.05) is 38.3 Å². The molecule has 2 saturated heterocycles. The highest BCUT2D eigenvalue weighted by molar-refractivity contribution is 7.87. The summed E-state index contributed by atoms with van der Waals surface area (Å²) in [5.74, 6) is 0.417. The molecule has 6 heteroatoms. The van der Waals surface area contributed by atoms with Crippen molar-refractivity contribution < 1.29 is 8.42 Å². The largest absolute Gasteiger partial charge is 0.298 e. The first-order valence-corrected chi connectivity index (χ1v) is 9.02. The second kappa shape index (κ2) is 5.31. The Morgan fingerprint density at radius 1 is 1.05 bits per heavy atom. The summed E-state index contributed by atoms with van der Waals surface area (Å²) in [5, 5.41) is 0. The van der Waals surface area contributed by atoms with Crippen molar-refractivity contribution in [3.05, 3.63) is 0 Å². The van der Waals surface area contributed by atoms with E-state index in [1.54, 1.807) is 4.31 Å². The Kier molecular flexibility index (Phi) is 3.86. The van der Waals surface area contributed by atoms with Gasteiger partial charge in [0.15, 0.2) is 0 Å². The van der Waals surface area contributed by atoms with E-state index >= 15 is 0 Å². The molecule has 3 aliphatic rings. The third kappa shape index (κ3) is 3.12. The average Bonchev–Trinajstić information content (AvgIpc) is 3.17. The summed E-state index contributed by atoms with van der Waals surface area (Å²) >= 11 is 0. The fraction of sp³-hybridized carbons (Fsp3) is 1.00. The van der Waals surface area contributed by atoms with Crippen molar-refractivity contribution >= 4 is 10.2 Å². The third-order valence-electron chi connectivity index (χ3n) is 4.66. The maximum absolute atomic E-state index is 12.4. The molecule has 0 aromatic carbocycles. The Morgan fingerprint density at radius 3 is 2.37 bits per heavy atom. The maximum atomic E-state index is 12.4. The molecule has 0 amide bonds. The van der Waals surface area contributed by atoms with Crippen LogP contribution in [0.25, 0.3) is 0 Å². The van der Waals surface area contributed by atoms with Crippen LogP contribution in [0.3, 0.4) is 0 Å². The van der Waals surface area contributed by atoms with Crippen molar-refractivity contribution in [2.45, 2.75) is 51.1 Å². The number of nitrogens with zero attached hydrogens (tertiary/aromatic N) is 2. The second-order valence-electron chi connectivity index (χ2n) is 6.35. The fourth-order valence-electron chi connectivity index (χ4n) is 3.27. The number of nitrogens with one attached hydrogen (secondary N) is 1. The molecule has 1 aliphatic carbocycles. The van der Waals surface area contributed by atoms with Crippen LogP contribution in [-0.4, -0.2) is 55.9 Å². The number of piperidine rings is 1. The quantitative estimate of drug-likeness (QED) is 0.832. The zero-order chi connectivity index (χ0) is 13.5. The van der Waals surface area contributed by atoms with Crippen LogP contribution < -0.4 is 4.72 Å². The molecule has 2 unspecified atom stereocenters. The van der Waals surface area contributed by atoms with Gasteiger partial charge >= 0.3 is 0 Å². The SMILES string of the molecule is CC1CN(C2CC2)CC1NS(=O)(=O)N1CCCCC1. The van der Waals surface area contributed by atoms with Crippen molar-refractivity contribution in [3.8, 4) is 0 Å². The van der Waals surface area contributed by atoms with Crippen LogP contribution in [0, 0.1) is 5.92 Å². The van der Waals surface area contributed by atoms with Gasteiger partial charge in [0.1, 0.15) is 0 Å². The minimum Gasteiger partial charge on any atom is -0.298 e. The average molecular weight is 287 g/mol. The van der Waals surface area contributed by atoms with E-state index in [1.807, 2.05) is 0 Å². The highest BCUT2D eigenvalue weighted by atomic mass is 32.2. The summed E-state index contributed by atoms with van der Waals surface area (Å²) in [6, 6.07) is 0.819. The van der Waals surface area contributed by atoms with E-state index in [0.29, 0.717) is 19.0 Å². The Hall–Kier alpha value is -0.170. The molecule has 3 fully saturated rings. The van der Waals surface area contributed by atoms with Gasteiger partial charge < -0.3 is 0 Å². The van der Waals surface area contributed by atoms with E-state index in [0.717, 1.165) is 38.4 Å². The molecular formula is C13H25N3O2S. The van der Waals surface area contributed by atoms with Gasteiger partial charge in [-0.25, -0.2) is 0 Å². The van der Waals surface area contributed by atoms with Crippen molar-refractivity contribution in [2.24, 2.45) is 5.92 Å². The van der Waals surface area contributed by atoms with Crippen molar-refractivity contribution in [2.75, 3.05) is 26.2 Å². The van der Waals surface area contributed by atoms with Gasteiger partial charge in [0.25, 0.3) is 10.2 Å². The number of hydrogen-bond acceptors (Lipinski definition) is 3. The molecule has 5 nitrogen and oxygen atoms in total. The van der Waals surface area contributed by atoms with Crippen molar-refractivity contribution in [1.29, 1.82) is 0 Å². The maximum Gasteiger partial charge on any atom is 0.279 e. The Labute approximate surface area is 116 Å². The Bertz CT molecular complexity index is 416. The molecule has 0 bridgehead atoms. The van der Waals surface area contributed by atoms with Crippen LogP contribution in [0.15, 0.2) is 0 Å². The minimum atomic E-state index is -3.27. The number of hydrogen-bond donors (Lipinski definition) is 1. The van der Waals surface area contributed by atoms with E-state index in [9.17, 15) is 8.42 Å². The molecule has 2 heterocycles.